The van der Waals surface area contributed by atoms with Crippen molar-refractivity contribution in [1.29, 1.82) is 0 Å². The normalized spacial score (nSPS) is 49.5. The van der Waals surface area contributed by atoms with Crippen LogP contribution >= 0.6 is 0 Å². The van der Waals surface area contributed by atoms with Crippen molar-refractivity contribution >= 4 is 5.97 Å². The highest BCUT2D eigenvalue weighted by molar-refractivity contribution is 5.73. The Bertz CT molecular complexity index is 668. The van der Waals surface area contributed by atoms with Gasteiger partial charge >= 0.3 is 5.97 Å². The first-order chi connectivity index (χ1) is 13.9. The van der Waals surface area contributed by atoms with Crippen LogP contribution in [0.3, 0.4) is 0 Å². The van der Waals surface area contributed by atoms with E-state index in [1.165, 1.54) is 0 Å². The van der Waals surface area contributed by atoms with Crippen LogP contribution in [0.2, 0.25) is 0 Å². The average molecular weight is 421 g/mol. The summed E-state index contributed by atoms with van der Waals surface area (Å²) in [4.78, 5) is 12.9. The van der Waals surface area contributed by atoms with E-state index in [1.54, 1.807) is 0 Å². The van der Waals surface area contributed by atoms with Crippen LogP contribution in [0.1, 0.15) is 92.9 Å². The fourth-order valence-corrected chi connectivity index (χ4v) is 8.62. The molecule has 0 spiro atoms. The molecule has 0 aromatic carbocycles. The summed E-state index contributed by atoms with van der Waals surface area (Å²) in [5.74, 6) is 2.01. The molecule has 4 fully saturated rings. The molecule has 0 heterocycles. The number of hydrogen-bond donors (Lipinski definition) is 2. The minimum Gasteiger partial charge on any atom is -0.460 e. The van der Waals surface area contributed by atoms with E-state index < -0.39 is 5.60 Å². The van der Waals surface area contributed by atoms with Crippen molar-refractivity contribution in [3.8, 4) is 0 Å². The monoisotopic (exact) mass is 420 g/mol. The van der Waals surface area contributed by atoms with Gasteiger partial charge in [0.2, 0.25) is 0 Å². The first-order valence-corrected chi connectivity index (χ1v) is 12.5. The van der Waals surface area contributed by atoms with Gasteiger partial charge < -0.3 is 14.9 Å². The summed E-state index contributed by atoms with van der Waals surface area (Å²) in [6.07, 6.45) is 7.73. The van der Waals surface area contributed by atoms with E-state index in [2.05, 4.69) is 20.8 Å². The minimum absolute atomic E-state index is 0.0611. The second kappa shape index (κ2) is 7.47. The predicted octanol–water partition coefficient (Wildman–Crippen LogP) is 4.95. The Morgan fingerprint density at radius 1 is 0.967 bits per heavy atom. The lowest BCUT2D eigenvalue weighted by Crippen LogP contribution is -2.58. The summed E-state index contributed by atoms with van der Waals surface area (Å²) < 4.78 is 5.75. The smallest absolute Gasteiger partial charge is 0.309 e. The molecule has 2 N–H and O–H groups in total. The van der Waals surface area contributed by atoms with Crippen molar-refractivity contribution < 1.29 is 19.7 Å². The van der Waals surface area contributed by atoms with Crippen LogP contribution in [0.4, 0.5) is 0 Å². The van der Waals surface area contributed by atoms with E-state index in [-0.39, 0.29) is 34.9 Å². The van der Waals surface area contributed by atoms with Gasteiger partial charge in [-0.3, -0.25) is 4.79 Å². The number of carbonyl (C=O) groups excluding carboxylic acids is 1. The zero-order chi connectivity index (χ0) is 22.1. The van der Waals surface area contributed by atoms with Gasteiger partial charge in [0.1, 0.15) is 5.60 Å². The molecule has 0 aromatic heterocycles. The molecule has 10 unspecified atom stereocenters. The quantitative estimate of drug-likeness (QED) is 0.620. The number of aliphatic hydroxyl groups is 2. The van der Waals surface area contributed by atoms with Gasteiger partial charge in [0.15, 0.2) is 0 Å². The number of hydrogen-bond acceptors (Lipinski definition) is 4. The number of esters is 1. The van der Waals surface area contributed by atoms with Gasteiger partial charge in [0.05, 0.1) is 18.1 Å². The van der Waals surface area contributed by atoms with Crippen molar-refractivity contribution in [3.63, 3.8) is 0 Å². The third kappa shape index (κ3) is 3.54. The van der Waals surface area contributed by atoms with Crippen LogP contribution in [0.25, 0.3) is 0 Å². The number of carbonyl (C=O) groups is 1. The Kier molecular flexibility index (Phi) is 5.62. The van der Waals surface area contributed by atoms with Crippen LogP contribution < -0.4 is 0 Å². The van der Waals surface area contributed by atoms with Crippen molar-refractivity contribution in [3.05, 3.63) is 0 Å². The maximum Gasteiger partial charge on any atom is 0.309 e. The summed E-state index contributed by atoms with van der Waals surface area (Å²) in [7, 11) is 0. The second-order valence-electron chi connectivity index (χ2n) is 12.8. The lowest BCUT2D eigenvalue weighted by atomic mass is 9.43. The average Bonchev–Trinajstić information content (AvgIpc) is 2.98. The van der Waals surface area contributed by atoms with Crippen LogP contribution in [0.15, 0.2) is 0 Å². The molecule has 10 atom stereocenters. The first-order valence-electron chi connectivity index (χ1n) is 12.5. The molecule has 0 bridgehead atoms. The van der Waals surface area contributed by atoms with Crippen molar-refractivity contribution in [2.24, 2.45) is 46.3 Å². The van der Waals surface area contributed by atoms with Crippen molar-refractivity contribution in [2.75, 3.05) is 0 Å². The van der Waals surface area contributed by atoms with Gasteiger partial charge in [-0.15, -0.1) is 0 Å². The molecule has 30 heavy (non-hydrogen) atoms. The summed E-state index contributed by atoms with van der Waals surface area (Å²) >= 11 is 0. The molecule has 4 saturated carbocycles. The van der Waals surface area contributed by atoms with Gasteiger partial charge in [-0.2, -0.15) is 0 Å². The summed E-state index contributed by atoms with van der Waals surface area (Å²) in [5, 5.41) is 21.6. The molecule has 0 aromatic rings. The van der Waals surface area contributed by atoms with Gasteiger partial charge in [-0.1, -0.05) is 20.8 Å². The summed E-state index contributed by atoms with van der Waals surface area (Å²) in [6.45, 7) is 12.7. The minimum atomic E-state index is -0.448. The van der Waals surface area contributed by atoms with Crippen LogP contribution in [-0.4, -0.2) is 34.0 Å². The molecular weight excluding hydrogens is 376 g/mol. The Morgan fingerprint density at radius 3 is 2.27 bits per heavy atom. The standard InChI is InChI=1S/C26H44O4/c1-15(23(29)30-24(2,3)4)18-7-8-19-22-20(10-12-26(18,19)6)25(5)11-9-17(27)13-16(25)14-21(22)28/h15-22,27-28H,7-14H2,1-6H3. The fraction of sp³-hybridized carbons (Fsp3) is 0.962. The number of rotatable bonds is 2. The van der Waals surface area contributed by atoms with E-state index in [0.29, 0.717) is 29.6 Å². The Hall–Kier alpha value is -0.610. The van der Waals surface area contributed by atoms with E-state index in [9.17, 15) is 15.0 Å². The van der Waals surface area contributed by atoms with Crippen molar-refractivity contribution in [2.45, 2.75) is 111 Å². The number of ether oxygens (including phenoxy) is 1. The lowest BCUT2D eigenvalue weighted by molar-refractivity contribution is -0.179. The maximum atomic E-state index is 12.9. The van der Waals surface area contributed by atoms with E-state index in [4.69, 9.17) is 4.74 Å². The molecule has 0 amide bonds. The maximum absolute atomic E-state index is 12.9. The highest BCUT2D eigenvalue weighted by atomic mass is 16.6. The van der Waals surface area contributed by atoms with E-state index in [0.717, 1.165) is 51.4 Å². The molecule has 0 saturated heterocycles. The number of aliphatic hydroxyl groups excluding tert-OH is 2. The SMILES string of the molecule is CC(C(=O)OC(C)(C)C)C1CCC2C3C(O)CC4CC(O)CCC4(C)C3CCC12C. The number of fused-ring (bicyclic) bond motifs is 5. The van der Waals surface area contributed by atoms with Gasteiger partial charge in [-0.05, 0) is 113 Å². The highest BCUT2D eigenvalue weighted by Gasteiger charge is 2.63. The molecule has 4 nitrogen and oxygen atoms in total. The molecule has 4 heteroatoms. The second-order valence-corrected chi connectivity index (χ2v) is 12.8. The molecule has 4 aliphatic carbocycles. The zero-order valence-corrected chi connectivity index (χ0v) is 20.0. The molecule has 0 aliphatic heterocycles. The molecule has 0 radical (unpaired) electrons. The molecular formula is C26H44O4. The molecule has 4 aliphatic rings. The highest BCUT2D eigenvalue weighted by Crippen LogP contribution is 2.68. The van der Waals surface area contributed by atoms with Crippen LogP contribution in [0, 0.1) is 46.3 Å². The Balaban J connectivity index is 1.56. The lowest BCUT2D eigenvalue weighted by Gasteiger charge is -2.62. The summed E-state index contributed by atoms with van der Waals surface area (Å²) in [5.41, 5.74) is -0.0915. The van der Waals surface area contributed by atoms with E-state index in [1.807, 2.05) is 20.8 Å². The van der Waals surface area contributed by atoms with Crippen LogP contribution in [-0.2, 0) is 9.53 Å². The van der Waals surface area contributed by atoms with Crippen LogP contribution in [0.5, 0.6) is 0 Å². The molecule has 4 rings (SSSR count). The van der Waals surface area contributed by atoms with Gasteiger partial charge in [0.25, 0.3) is 0 Å². The predicted molar refractivity (Wildman–Crippen MR) is 118 cm³/mol. The van der Waals surface area contributed by atoms with Gasteiger partial charge in [-0.25, -0.2) is 0 Å². The van der Waals surface area contributed by atoms with Gasteiger partial charge in [0, 0.05) is 0 Å². The fourth-order valence-electron chi connectivity index (χ4n) is 8.62. The topological polar surface area (TPSA) is 66.8 Å². The molecule has 172 valence electrons. The Morgan fingerprint density at radius 2 is 1.60 bits per heavy atom. The third-order valence-electron chi connectivity index (χ3n) is 10.1. The van der Waals surface area contributed by atoms with Crippen molar-refractivity contribution in [1.82, 2.24) is 0 Å². The largest absolute Gasteiger partial charge is 0.460 e. The first kappa shape index (κ1) is 22.6. The third-order valence-corrected chi connectivity index (χ3v) is 10.1. The Labute approximate surface area is 183 Å². The summed E-state index contributed by atoms with van der Waals surface area (Å²) in [6, 6.07) is 0. The zero-order valence-electron chi connectivity index (χ0n) is 20.0. The van der Waals surface area contributed by atoms with E-state index >= 15 is 0 Å².